The molecule has 0 radical (unpaired) electrons. The van der Waals surface area contributed by atoms with Crippen LogP contribution in [0.25, 0.3) is 0 Å². The van der Waals surface area contributed by atoms with Crippen LogP contribution in [0, 0.1) is 11.3 Å². The third kappa shape index (κ3) is 5.90. The van der Waals surface area contributed by atoms with Gasteiger partial charge in [0.05, 0.1) is 12.2 Å². The van der Waals surface area contributed by atoms with Crippen LogP contribution in [0.2, 0.25) is 0 Å². The zero-order chi connectivity index (χ0) is 16.1. The molecule has 0 aliphatic rings. The van der Waals surface area contributed by atoms with Gasteiger partial charge in [0.15, 0.2) is 0 Å². The van der Waals surface area contributed by atoms with Crippen LogP contribution in [-0.2, 0) is 14.3 Å². The summed E-state index contributed by atoms with van der Waals surface area (Å²) in [4.78, 5) is 26.2. The summed E-state index contributed by atoms with van der Waals surface area (Å²) in [5, 5.41) is 9.88. The minimum atomic E-state index is -0.997. The van der Waals surface area contributed by atoms with Crippen molar-refractivity contribution in [2.24, 2.45) is 11.3 Å². The fourth-order valence-electron chi connectivity index (χ4n) is 2.05. The Hall–Kier alpha value is -1.10. The number of carbonyl (C=O) groups is 2. The number of ether oxygens (including phenoxy) is 1. The summed E-state index contributed by atoms with van der Waals surface area (Å²) in [6.45, 7) is 13.2. The van der Waals surface area contributed by atoms with E-state index in [1.807, 2.05) is 27.7 Å². The van der Waals surface area contributed by atoms with Crippen molar-refractivity contribution >= 4 is 11.9 Å². The monoisotopic (exact) mass is 287 g/mol. The van der Waals surface area contributed by atoms with Crippen molar-refractivity contribution in [3.63, 3.8) is 0 Å². The summed E-state index contributed by atoms with van der Waals surface area (Å²) >= 11 is 0. The molecule has 0 aromatic heterocycles. The highest BCUT2D eigenvalue weighted by molar-refractivity contribution is 5.98. The molecule has 0 fully saturated rings. The van der Waals surface area contributed by atoms with E-state index < -0.39 is 22.9 Å². The van der Waals surface area contributed by atoms with Crippen LogP contribution in [0.15, 0.2) is 0 Å². The Kier molecular flexibility index (Phi) is 6.68. The number of likely N-dealkylation sites (N-methyl/N-ethyl adjacent to an activating group) is 1. The Morgan fingerprint density at radius 2 is 1.65 bits per heavy atom. The predicted octanol–water partition coefficient (Wildman–Crippen LogP) is 1.83. The van der Waals surface area contributed by atoms with Crippen LogP contribution >= 0.6 is 0 Å². The van der Waals surface area contributed by atoms with E-state index in [2.05, 4.69) is 0 Å². The van der Waals surface area contributed by atoms with Gasteiger partial charge in [0.25, 0.3) is 0 Å². The number of carbonyl (C=O) groups excluding carboxylic acids is 2. The van der Waals surface area contributed by atoms with Gasteiger partial charge in [-0.2, -0.15) is 0 Å². The van der Waals surface area contributed by atoms with Gasteiger partial charge in [-0.3, -0.25) is 9.59 Å². The maximum Gasteiger partial charge on any atom is 0.319 e. The molecule has 1 atom stereocenters. The van der Waals surface area contributed by atoms with Gasteiger partial charge < -0.3 is 14.7 Å². The van der Waals surface area contributed by atoms with E-state index in [1.54, 1.807) is 20.8 Å². The van der Waals surface area contributed by atoms with Crippen LogP contribution in [0.3, 0.4) is 0 Å². The van der Waals surface area contributed by atoms with Gasteiger partial charge >= 0.3 is 5.97 Å². The molecule has 0 aliphatic heterocycles. The number of nitrogens with zero attached hydrogens (tertiary/aromatic N) is 1. The highest BCUT2D eigenvalue weighted by atomic mass is 16.5. The molecule has 118 valence electrons. The van der Waals surface area contributed by atoms with Crippen molar-refractivity contribution in [2.75, 3.05) is 19.7 Å². The summed E-state index contributed by atoms with van der Waals surface area (Å²) in [7, 11) is 0. The van der Waals surface area contributed by atoms with Gasteiger partial charge in [-0.25, -0.2) is 0 Å². The Balaban J connectivity index is 5.26. The first-order valence-electron chi connectivity index (χ1n) is 7.11. The van der Waals surface area contributed by atoms with Crippen LogP contribution < -0.4 is 0 Å². The smallest absolute Gasteiger partial charge is 0.319 e. The topological polar surface area (TPSA) is 66.8 Å². The Labute approximate surface area is 122 Å². The number of rotatable bonds is 6. The molecule has 20 heavy (non-hydrogen) atoms. The average Bonchev–Trinajstić information content (AvgIpc) is 2.22. The zero-order valence-electron chi connectivity index (χ0n) is 13.8. The fraction of sp³-hybridized carbons (Fsp3) is 0.867. The predicted molar refractivity (Wildman–Crippen MR) is 78.1 cm³/mol. The Morgan fingerprint density at radius 3 is 1.95 bits per heavy atom. The van der Waals surface area contributed by atoms with Gasteiger partial charge in [-0.1, -0.05) is 20.8 Å². The maximum atomic E-state index is 12.6. The first-order valence-corrected chi connectivity index (χ1v) is 7.11. The number of amides is 1. The van der Waals surface area contributed by atoms with Crippen LogP contribution in [0.5, 0.6) is 0 Å². The molecule has 5 nitrogen and oxygen atoms in total. The number of hydrogen-bond acceptors (Lipinski definition) is 4. The summed E-state index contributed by atoms with van der Waals surface area (Å²) in [5.41, 5.74) is -1.53. The van der Waals surface area contributed by atoms with Gasteiger partial charge in [0.1, 0.15) is 5.92 Å². The summed E-state index contributed by atoms with van der Waals surface area (Å²) in [5.74, 6) is -1.65. The van der Waals surface area contributed by atoms with E-state index in [0.29, 0.717) is 6.54 Å². The second-order valence-electron chi connectivity index (χ2n) is 6.72. The van der Waals surface area contributed by atoms with Crippen molar-refractivity contribution in [2.45, 2.75) is 54.1 Å². The summed E-state index contributed by atoms with van der Waals surface area (Å²) < 4.78 is 5.03. The maximum absolute atomic E-state index is 12.6. The molecule has 5 heteroatoms. The van der Waals surface area contributed by atoms with E-state index in [-0.39, 0.29) is 19.1 Å². The standard InChI is InChI=1S/C15H29NO4/c1-8-16(10-15(6,7)19)12(17)11(14(3,4)5)13(18)20-9-2/h11,19H,8-10H2,1-7H3. The molecule has 0 saturated heterocycles. The lowest BCUT2D eigenvalue weighted by Gasteiger charge is -2.35. The zero-order valence-corrected chi connectivity index (χ0v) is 13.8. The molecule has 1 unspecified atom stereocenters. The molecule has 0 aliphatic carbocycles. The minimum Gasteiger partial charge on any atom is -0.465 e. The SMILES string of the molecule is CCOC(=O)C(C(=O)N(CC)CC(C)(C)O)C(C)(C)C. The molecule has 0 spiro atoms. The molecular formula is C15H29NO4. The third-order valence-electron chi connectivity index (χ3n) is 2.91. The molecule has 0 aromatic carbocycles. The largest absolute Gasteiger partial charge is 0.465 e. The van der Waals surface area contributed by atoms with Crippen molar-refractivity contribution in [3.05, 3.63) is 0 Å². The third-order valence-corrected chi connectivity index (χ3v) is 2.91. The van der Waals surface area contributed by atoms with Gasteiger partial charge in [-0.05, 0) is 33.1 Å². The van der Waals surface area contributed by atoms with Gasteiger partial charge in [0.2, 0.25) is 5.91 Å². The molecule has 0 aromatic rings. The summed E-state index contributed by atoms with van der Waals surface area (Å²) in [6, 6.07) is 0. The molecule has 0 heterocycles. The number of esters is 1. The molecule has 0 rings (SSSR count). The lowest BCUT2D eigenvalue weighted by Crippen LogP contribution is -2.49. The highest BCUT2D eigenvalue weighted by Gasteiger charge is 2.41. The molecular weight excluding hydrogens is 258 g/mol. The van der Waals surface area contributed by atoms with E-state index >= 15 is 0 Å². The van der Waals surface area contributed by atoms with Crippen molar-refractivity contribution < 1.29 is 19.4 Å². The van der Waals surface area contributed by atoms with Gasteiger partial charge in [0, 0.05) is 13.1 Å². The fourth-order valence-corrected chi connectivity index (χ4v) is 2.05. The Bertz CT molecular complexity index is 339. The minimum absolute atomic E-state index is 0.189. The Morgan fingerprint density at radius 1 is 1.15 bits per heavy atom. The van der Waals surface area contributed by atoms with Crippen molar-refractivity contribution in [1.82, 2.24) is 4.90 Å². The average molecular weight is 287 g/mol. The van der Waals surface area contributed by atoms with Gasteiger partial charge in [-0.15, -0.1) is 0 Å². The first kappa shape index (κ1) is 18.9. The lowest BCUT2D eigenvalue weighted by molar-refractivity contribution is -0.161. The van der Waals surface area contributed by atoms with Crippen LogP contribution in [0.4, 0.5) is 0 Å². The van der Waals surface area contributed by atoms with E-state index in [0.717, 1.165) is 0 Å². The van der Waals surface area contributed by atoms with E-state index in [4.69, 9.17) is 4.74 Å². The number of hydrogen-bond donors (Lipinski definition) is 1. The van der Waals surface area contributed by atoms with E-state index in [9.17, 15) is 14.7 Å². The molecule has 1 amide bonds. The van der Waals surface area contributed by atoms with E-state index in [1.165, 1.54) is 4.90 Å². The molecule has 0 saturated carbocycles. The highest BCUT2D eigenvalue weighted by Crippen LogP contribution is 2.29. The lowest BCUT2D eigenvalue weighted by atomic mass is 9.79. The number of aliphatic hydroxyl groups is 1. The van der Waals surface area contributed by atoms with Crippen LogP contribution in [0.1, 0.15) is 48.5 Å². The second kappa shape index (κ2) is 7.07. The normalized spacial score (nSPS) is 13.8. The summed E-state index contributed by atoms with van der Waals surface area (Å²) in [6.07, 6.45) is 0. The van der Waals surface area contributed by atoms with Crippen molar-refractivity contribution in [1.29, 1.82) is 0 Å². The molecule has 0 bridgehead atoms. The van der Waals surface area contributed by atoms with Crippen molar-refractivity contribution in [3.8, 4) is 0 Å². The second-order valence-corrected chi connectivity index (χ2v) is 6.72. The first-order chi connectivity index (χ1) is 8.94. The quantitative estimate of drug-likeness (QED) is 0.598. The van der Waals surface area contributed by atoms with Crippen LogP contribution in [-0.4, -0.2) is 47.2 Å². The molecule has 1 N–H and O–H groups in total.